The van der Waals surface area contributed by atoms with Crippen LogP contribution < -0.4 is 5.43 Å². The average Bonchev–Trinajstić information content (AvgIpc) is 2.99. The third-order valence-corrected chi connectivity index (χ3v) is 4.50. The van der Waals surface area contributed by atoms with E-state index in [4.69, 9.17) is 0 Å². The lowest BCUT2D eigenvalue weighted by Crippen LogP contribution is -2.17. The third-order valence-electron chi connectivity index (χ3n) is 3.30. The Balaban J connectivity index is 1.71. The van der Waals surface area contributed by atoms with Gasteiger partial charge in [0.2, 0.25) is 0 Å². The number of hydrazone groups is 1. The van der Waals surface area contributed by atoms with Crippen LogP contribution in [-0.2, 0) is 0 Å². The van der Waals surface area contributed by atoms with Gasteiger partial charge in [0.15, 0.2) is 0 Å². The molecule has 2 N–H and O–H groups in total. The molecule has 120 valence electrons. The van der Waals surface area contributed by atoms with Crippen molar-refractivity contribution in [3.05, 3.63) is 70.7 Å². The molecule has 0 aliphatic heterocycles. The summed E-state index contributed by atoms with van der Waals surface area (Å²) in [5, 5.41) is 14.0. The SMILES string of the molecule is Cc1nc(-c2ccccc2)sc1C(=O)N/N=C/c1ccc(O)cc1. The van der Waals surface area contributed by atoms with Gasteiger partial charge in [0.25, 0.3) is 5.91 Å². The number of carbonyl (C=O) groups is 1. The second-order valence-electron chi connectivity index (χ2n) is 5.09. The monoisotopic (exact) mass is 337 g/mol. The van der Waals surface area contributed by atoms with Crippen molar-refractivity contribution in [3.8, 4) is 16.3 Å². The lowest BCUT2D eigenvalue weighted by molar-refractivity contribution is 0.0958. The summed E-state index contributed by atoms with van der Waals surface area (Å²) in [6.45, 7) is 1.81. The standard InChI is InChI=1S/C18H15N3O2S/c1-12-16(24-18(20-12)14-5-3-2-4-6-14)17(23)21-19-11-13-7-9-15(22)10-8-13/h2-11,22H,1H3,(H,21,23)/b19-11+. The van der Waals surface area contributed by atoms with Gasteiger partial charge in [-0.05, 0) is 36.8 Å². The van der Waals surface area contributed by atoms with Gasteiger partial charge in [-0.25, -0.2) is 10.4 Å². The highest BCUT2D eigenvalue weighted by molar-refractivity contribution is 7.17. The molecule has 0 unspecified atom stereocenters. The zero-order valence-corrected chi connectivity index (χ0v) is 13.7. The van der Waals surface area contributed by atoms with Gasteiger partial charge in [0, 0.05) is 5.56 Å². The number of carbonyl (C=O) groups excluding carboxylic acids is 1. The Morgan fingerprint density at radius 3 is 2.58 bits per heavy atom. The van der Waals surface area contributed by atoms with E-state index in [0.717, 1.165) is 16.1 Å². The summed E-state index contributed by atoms with van der Waals surface area (Å²) in [7, 11) is 0. The van der Waals surface area contributed by atoms with E-state index < -0.39 is 0 Å². The summed E-state index contributed by atoms with van der Waals surface area (Å²) in [6, 6.07) is 16.3. The molecular weight excluding hydrogens is 322 g/mol. The first-order chi connectivity index (χ1) is 11.6. The number of nitrogens with zero attached hydrogens (tertiary/aromatic N) is 2. The molecule has 3 rings (SSSR count). The first kappa shape index (κ1) is 15.9. The van der Waals surface area contributed by atoms with Crippen molar-refractivity contribution in [1.82, 2.24) is 10.4 Å². The lowest BCUT2D eigenvalue weighted by Gasteiger charge is -1.97. The van der Waals surface area contributed by atoms with Crippen LogP contribution in [0.1, 0.15) is 20.9 Å². The number of aromatic nitrogens is 1. The number of phenols is 1. The molecule has 5 nitrogen and oxygen atoms in total. The third kappa shape index (κ3) is 3.67. The summed E-state index contributed by atoms with van der Waals surface area (Å²) >= 11 is 1.34. The van der Waals surface area contributed by atoms with E-state index in [0.29, 0.717) is 10.6 Å². The number of aromatic hydroxyl groups is 1. The van der Waals surface area contributed by atoms with E-state index in [1.165, 1.54) is 17.6 Å². The number of nitrogens with one attached hydrogen (secondary N) is 1. The molecule has 2 aromatic carbocycles. The molecule has 0 aliphatic carbocycles. The molecule has 1 heterocycles. The lowest BCUT2D eigenvalue weighted by atomic mass is 10.2. The maximum absolute atomic E-state index is 12.3. The molecule has 0 saturated carbocycles. The minimum absolute atomic E-state index is 0.185. The van der Waals surface area contributed by atoms with E-state index >= 15 is 0 Å². The van der Waals surface area contributed by atoms with E-state index in [1.54, 1.807) is 24.3 Å². The molecule has 0 saturated heterocycles. The van der Waals surface area contributed by atoms with Gasteiger partial charge in [-0.2, -0.15) is 5.10 Å². The molecule has 0 fully saturated rings. The zero-order chi connectivity index (χ0) is 16.9. The smallest absolute Gasteiger partial charge is 0.283 e. The number of amides is 1. The van der Waals surface area contributed by atoms with Crippen molar-refractivity contribution in [2.75, 3.05) is 0 Å². The number of hydrogen-bond donors (Lipinski definition) is 2. The minimum Gasteiger partial charge on any atom is -0.508 e. The van der Waals surface area contributed by atoms with E-state index in [1.807, 2.05) is 37.3 Å². The molecule has 24 heavy (non-hydrogen) atoms. The van der Waals surface area contributed by atoms with Crippen molar-refractivity contribution in [2.24, 2.45) is 5.10 Å². The Hall–Kier alpha value is -2.99. The molecule has 1 amide bonds. The van der Waals surface area contributed by atoms with Crippen molar-refractivity contribution < 1.29 is 9.90 Å². The van der Waals surface area contributed by atoms with Crippen LogP contribution in [0, 0.1) is 6.92 Å². The van der Waals surface area contributed by atoms with Crippen molar-refractivity contribution in [3.63, 3.8) is 0 Å². The molecule has 0 radical (unpaired) electrons. The average molecular weight is 337 g/mol. The largest absolute Gasteiger partial charge is 0.508 e. The Kier molecular flexibility index (Phi) is 4.67. The van der Waals surface area contributed by atoms with Gasteiger partial charge in [-0.3, -0.25) is 4.79 Å². The van der Waals surface area contributed by atoms with Crippen LogP contribution >= 0.6 is 11.3 Å². The van der Waals surface area contributed by atoms with Crippen LogP contribution in [0.15, 0.2) is 59.7 Å². The molecule has 3 aromatic rings. The normalized spacial score (nSPS) is 10.9. The number of benzene rings is 2. The molecule has 0 aliphatic rings. The number of hydrogen-bond acceptors (Lipinski definition) is 5. The van der Waals surface area contributed by atoms with Crippen LogP contribution in [0.2, 0.25) is 0 Å². The number of rotatable bonds is 4. The van der Waals surface area contributed by atoms with Crippen LogP contribution in [0.5, 0.6) is 5.75 Å². The fourth-order valence-corrected chi connectivity index (χ4v) is 3.05. The summed E-state index contributed by atoms with van der Waals surface area (Å²) < 4.78 is 0. The summed E-state index contributed by atoms with van der Waals surface area (Å²) in [6.07, 6.45) is 1.52. The molecule has 0 bridgehead atoms. The first-order valence-corrected chi connectivity index (χ1v) is 8.10. The maximum atomic E-state index is 12.3. The number of phenolic OH excluding ortho intramolecular Hbond substituents is 1. The zero-order valence-electron chi connectivity index (χ0n) is 12.9. The van der Waals surface area contributed by atoms with Crippen LogP contribution in [0.3, 0.4) is 0 Å². The molecule has 0 spiro atoms. The maximum Gasteiger partial charge on any atom is 0.283 e. The summed E-state index contributed by atoms with van der Waals surface area (Å²) in [4.78, 5) is 17.3. The fourth-order valence-electron chi connectivity index (χ4n) is 2.09. The quantitative estimate of drug-likeness (QED) is 0.564. The fraction of sp³-hybridized carbons (Fsp3) is 0.0556. The highest BCUT2D eigenvalue weighted by atomic mass is 32.1. The second kappa shape index (κ2) is 7.06. The van der Waals surface area contributed by atoms with E-state index in [9.17, 15) is 9.90 Å². The van der Waals surface area contributed by atoms with Gasteiger partial charge < -0.3 is 5.11 Å². The van der Waals surface area contributed by atoms with E-state index in [2.05, 4.69) is 15.5 Å². The topological polar surface area (TPSA) is 74.6 Å². The van der Waals surface area contributed by atoms with Crippen molar-refractivity contribution >= 4 is 23.5 Å². The van der Waals surface area contributed by atoms with Gasteiger partial charge in [0.1, 0.15) is 15.6 Å². The van der Waals surface area contributed by atoms with Gasteiger partial charge in [0.05, 0.1) is 11.9 Å². The molecule has 1 aromatic heterocycles. The summed E-state index contributed by atoms with van der Waals surface area (Å²) in [5.41, 5.74) is 4.94. The molecule has 0 atom stereocenters. The Morgan fingerprint density at radius 2 is 1.88 bits per heavy atom. The van der Waals surface area contributed by atoms with Gasteiger partial charge >= 0.3 is 0 Å². The predicted octanol–water partition coefficient (Wildman–Crippen LogP) is 3.59. The highest BCUT2D eigenvalue weighted by Gasteiger charge is 2.15. The Labute approximate surface area is 143 Å². The second-order valence-corrected chi connectivity index (χ2v) is 6.09. The summed E-state index contributed by atoms with van der Waals surface area (Å²) in [5.74, 6) is -0.105. The molecule has 6 heteroatoms. The molecular formula is C18H15N3O2S. The van der Waals surface area contributed by atoms with Crippen molar-refractivity contribution in [2.45, 2.75) is 6.92 Å². The highest BCUT2D eigenvalue weighted by Crippen LogP contribution is 2.27. The number of thiazole rings is 1. The Bertz CT molecular complexity index is 871. The van der Waals surface area contributed by atoms with E-state index in [-0.39, 0.29) is 11.7 Å². The first-order valence-electron chi connectivity index (χ1n) is 7.29. The van der Waals surface area contributed by atoms with Gasteiger partial charge in [-0.1, -0.05) is 30.3 Å². The van der Waals surface area contributed by atoms with Crippen molar-refractivity contribution in [1.29, 1.82) is 0 Å². The Morgan fingerprint density at radius 1 is 1.17 bits per heavy atom. The minimum atomic E-state index is -0.290. The van der Waals surface area contributed by atoms with Gasteiger partial charge in [-0.15, -0.1) is 11.3 Å². The van der Waals surface area contributed by atoms with Crippen LogP contribution in [0.4, 0.5) is 0 Å². The van der Waals surface area contributed by atoms with Crippen LogP contribution in [-0.4, -0.2) is 22.2 Å². The predicted molar refractivity (Wildman–Crippen MR) is 95.5 cm³/mol. The van der Waals surface area contributed by atoms with Crippen LogP contribution in [0.25, 0.3) is 10.6 Å². The number of aryl methyl sites for hydroxylation is 1.